The zero-order valence-corrected chi connectivity index (χ0v) is 16.5. The van der Waals surface area contributed by atoms with Gasteiger partial charge in [-0.25, -0.2) is 4.79 Å². The van der Waals surface area contributed by atoms with Gasteiger partial charge in [0.05, 0.1) is 17.5 Å². The molecule has 5 rings (SSSR count). The van der Waals surface area contributed by atoms with E-state index in [4.69, 9.17) is 0 Å². The third kappa shape index (κ3) is 3.24. The fourth-order valence-electron chi connectivity index (χ4n) is 5.59. The number of benzene rings is 1. The van der Waals surface area contributed by atoms with Crippen molar-refractivity contribution in [3.63, 3.8) is 0 Å². The molecule has 1 heterocycles. The average Bonchev–Trinajstić information content (AvgIpc) is 3.42. The lowest BCUT2D eigenvalue weighted by molar-refractivity contribution is -0.123. The third-order valence-electron chi connectivity index (χ3n) is 7.06. The molecule has 2 saturated carbocycles. The van der Waals surface area contributed by atoms with E-state index >= 15 is 0 Å². The molecule has 2 bridgehead atoms. The Bertz CT molecular complexity index is 827. The van der Waals surface area contributed by atoms with E-state index in [2.05, 4.69) is 22.8 Å². The van der Waals surface area contributed by atoms with Crippen LogP contribution >= 0.6 is 0 Å². The number of urea groups is 1. The molecule has 1 aromatic rings. The van der Waals surface area contributed by atoms with E-state index in [1.807, 2.05) is 24.3 Å². The SMILES string of the molecule is O=C(NCc1ccc(N2C(=O)C3C4C=CC(C4)C3C2=O)cc1)NC1CCCCC1. The van der Waals surface area contributed by atoms with Crippen LogP contribution in [0, 0.1) is 23.7 Å². The molecule has 4 amide bonds. The molecule has 2 N–H and O–H groups in total. The number of hydrogen-bond donors (Lipinski definition) is 2. The zero-order valence-electron chi connectivity index (χ0n) is 16.5. The monoisotopic (exact) mass is 393 g/mol. The molecule has 152 valence electrons. The lowest BCUT2D eigenvalue weighted by Crippen LogP contribution is -2.42. The molecule has 1 saturated heterocycles. The molecule has 4 atom stereocenters. The summed E-state index contributed by atoms with van der Waals surface area (Å²) >= 11 is 0. The maximum absolute atomic E-state index is 12.9. The standard InChI is InChI=1S/C23H27N3O3/c27-21-19-15-8-9-16(12-15)20(19)22(28)26(21)18-10-6-14(7-11-18)13-24-23(29)25-17-4-2-1-3-5-17/h6-11,15-17,19-20H,1-5,12-13H2,(H2,24,25,29). The fourth-order valence-corrected chi connectivity index (χ4v) is 5.59. The topological polar surface area (TPSA) is 78.5 Å². The molecule has 6 nitrogen and oxygen atoms in total. The van der Waals surface area contributed by atoms with Crippen LogP contribution in [0.25, 0.3) is 0 Å². The number of fused-ring (bicyclic) bond motifs is 5. The molecule has 4 unspecified atom stereocenters. The Morgan fingerprint density at radius 2 is 1.55 bits per heavy atom. The summed E-state index contributed by atoms with van der Waals surface area (Å²) in [6.07, 6.45) is 10.9. The number of imide groups is 1. The van der Waals surface area contributed by atoms with E-state index in [0.29, 0.717) is 12.2 Å². The van der Waals surface area contributed by atoms with E-state index in [1.165, 1.54) is 24.2 Å². The largest absolute Gasteiger partial charge is 0.335 e. The highest BCUT2D eigenvalue weighted by atomic mass is 16.2. The van der Waals surface area contributed by atoms with Crippen LogP contribution in [0.2, 0.25) is 0 Å². The summed E-state index contributed by atoms with van der Waals surface area (Å²) in [6, 6.07) is 7.50. The lowest BCUT2D eigenvalue weighted by atomic mass is 9.85. The molecule has 1 aromatic carbocycles. The molecule has 3 aliphatic carbocycles. The average molecular weight is 393 g/mol. The molecule has 0 radical (unpaired) electrons. The molecular weight excluding hydrogens is 366 g/mol. The maximum Gasteiger partial charge on any atom is 0.315 e. The first-order valence-electron chi connectivity index (χ1n) is 10.8. The normalized spacial score (nSPS) is 30.7. The van der Waals surface area contributed by atoms with Crippen molar-refractivity contribution in [3.8, 4) is 0 Å². The number of hydrogen-bond acceptors (Lipinski definition) is 3. The van der Waals surface area contributed by atoms with Crippen LogP contribution in [-0.4, -0.2) is 23.9 Å². The van der Waals surface area contributed by atoms with Gasteiger partial charge in [0.1, 0.15) is 0 Å². The van der Waals surface area contributed by atoms with E-state index in [-0.39, 0.29) is 47.6 Å². The number of carbonyl (C=O) groups is 3. The second-order valence-electron chi connectivity index (χ2n) is 8.84. The van der Waals surface area contributed by atoms with E-state index in [1.54, 1.807) is 0 Å². The molecule has 6 heteroatoms. The van der Waals surface area contributed by atoms with Gasteiger partial charge in [0.2, 0.25) is 11.8 Å². The summed E-state index contributed by atoms with van der Waals surface area (Å²) in [4.78, 5) is 39.2. The van der Waals surface area contributed by atoms with Crippen LogP contribution < -0.4 is 15.5 Å². The van der Waals surface area contributed by atoms with E-state index in [9.17, 15) is 14.4 Å². The minimum atomic E-state index is -0.178. The Hall–Kier alpha value is -2.63. The molecular formula is C23H27N3O3. The second kappa shape index (κ2) is 7.32. The van der Waals surface area contributed by atoms with Crippen molar-refractivity contribution < 1.29 is 14.4 Å². The highest BCUT2D eigenvalue weighted by Crippen LogP contribution is 2.53. The van der Waals surface area contributed by atoms with Gasteiger partial charge in [0.25, 0.3) is 0 Å². The minimum absolute atomic E-state index is 0.0606. The first-order chi connectivity index (χ1) is 14.1. The summed E-state index contributed by atoms with van der Waals surface area (Å²) in [6.45, 7) is 0.417. The van der Waals surface area contributed by atoms with E-state index < -0.39 is 0 Å². The summed E-state index contributed by atoms with van der Waals surface area (Å²) in [5.74, 6) is -0.0379. The highest BCUT2D eigenvalue weighted by Gasteiger charge is 2.59. The molecule has 1 aliphatic heterocycles. The summed E-state index contributed by atoms with van der Waals surface area (Å²) in [7, 11) is 0. The number of allylic oxidation sites excluding steroid dienone is 2. The fraction of sp³-hybridized carbons (Fsp3) is 0.522. The molecule has 0 aromatic heterocycles. The number of nitrogens with zero attached hydrogens (tertiary/aromatic N) is 1. The van der Waals surface area contributed by atoms with Crippen LogP contribution in [-0.2, 0) is 16.1 Å². The van der Waals surface area contributed by atoms with Gasteiger partial charge in [0.15, 0.2) is 0 Å². The number of anilines is 1. The van der Waals surface area contributed by atoms with Crippen molar-refractivity contribution in [3.05, 3.63) is 42.0 Å². The summed E-state index contributed by atoms with van der Waals surface area (Å²) in [5.41, 5.74) is 1.57. The van der Waals surface area contributed by atoms with Crippen LogP contribution in [0.15, 0.2) is 36.4 Å². The van der Waals surface area contributed by atoms with Crippen molar-refractivity contribution in [2.75, 3.05) is 4.90 Å². The van der Waals surface area contributed by atoms with Gasteiger partial charge in [-0.1, -0.05) is 43.5 Å². The maximum atomic E-state index is 12.9. The number of nitrogens with one attached hydrogen (secondary N) is 2. The van der Waals surface area contributed by atoms with Gasteiger partial charge in [-0.3, -0.25) is 14.5 Å². The number of amides is 4. The Morgan fingerprint density at radius 3 is 2.17 bits per heavy atom. The Labute approximate surface area is 170 Å². The lowest BCUT2D eigenvalue weighted by Gasteiger charge is -2.23. The van der Waals surface area contributed by atoms with Gasteiger partial charge < -0.3 is 10.6 Å². The Morgan fingerprint density at radius 1 is 0.931 bits per heavy atom. The van der Waals surface area contributed by atoms with E-state index in [0.717, 1.165) is 24.8 Å². The van der Waals surface area contributed by atoms with Gasteiger partial charge in [-0.15, -0.1) is 0 Å². The van der Waals surface area contributed by atoms with Crippen molar-refractivity contribution in [2.45, 2.75) is 51.1 Å². The van der Waals surface area contributed by atoms with Crippen molar-refractivity contribution in [1.82, 2.24) is 10.6 Å². The number of carbonyl (C=O) groups excluding carboxylic acids is 3. The highest BCUT2D eigenvalue weighted by molar-refractivity contribution is 6.22. The van der Waals surface area contributed by atoms with Crippen LogP contribution in [0.5, 0.6) is 0 Å². The predicted molar refractivity (Wildman–Crippen MR) is 109 cm³/mol. The third-order valence-corrected chi connectivity index (χ3v) is 7.06. The van der Waals surface area contributed by atoms with Crippen molar-refractivity contribution >= 4 is 23.5 Å². The smallest absolute Gasteiger partial charge is 0.315 e. The zero-order chi connectivity index (χ0) is 20.0. The molecule has 3 fully saturated rings. The van der Waals surface area contributed by atoms with Crippen LogP contribution in [0.1, 0.15) is 44.1 Å². The quantitative estimate of drug-likeness (QED) is 0.609. The Balaban J connectivity index is 1.19. The summed E-state index contributed by atoms with van der Waals surface area (Å²) < 4.78 is 0. The van der Waals surface area contributed by atoms with Crippen molar-refractivity contribution in [2.24, 2.45) is 23.7 Å². The first-order valence-corrected chi connectivity index (χ1v) is 10.8. The van der Waals surface area contributed by atoms with Gasteiger partial charge in [-0.05, 0) is 48.8 Å². The van der Waals surface area contributed by atoms with Crippen LogP contribution in [0.4, 0.5) is 10.5 Å². The first kappa shape index (κ1) is 18.4. The van der Waals surface area contributed by atoms with Gasteiger partial charge >= 0.3 is 6.03 Å². The molecule has 0 spiro atoms. The second-order valence-corrected chi connectivity index (χ2v) is 8.84. The minimum Gasteiger partial charge on any atom is -0.335 e. The van der Waals surface area contributed by atoms with Crippen LogP contribution in [0.3, 0.4) is 0 Å². The van der Waals surface area contributed by atoms with Gasteiger partial charge in [0, 0.05) is 12.6 Å². The van der Waals surface area contributed by atoms with Crippen molar-refractivity contribution in [1.29, 1.82) is 0 Å². The predicted octanol–water partition coefficient (Wildman–Crippen LogP) is 3.13. The molecule has 4 aliphatic rings. The molecule has 29 heavy (non-hydrogen) atoms. The number of rotatable bonds is 4. The van der Waals surface area contributed by atoms with Gasteiger partial charge in [-0.2, -0.15) is 0 Å². The Kier molecular flexibility index (Phi) is 4.64. The summed E-state index contributed by atoms with van der Waals surface area (Å²) in [5, 5.41) is 5.94.